The van der Waals surface area contributed by atoms with E-state index in [-0.39, 0.29) is 0 Å². The lowest BCUT2D eigenvalue weighted by Crippen LogP contribution is -2.08. The highest BCUT2D eigenvalue weighted by molar-refractivity contribution is 7.11. The van der Waals surface area contributed by atoms with Crippen LogP contribution in [-0.2, 0) is 13.0 Å². The number of hydrogen-bond donors (Lipinski definition) is 1. The lowest BCUT2D eigenvalue weighted by atomic mass is 9.89. The number of aromatic nitrogens is 1. The Bertz CT molecular complexity index is 424. The molecule has 3 unspecified atom stereocenters. The van der Waals surface area contributed by atoms with Gasteiger partial charge in [-0.1, -0.05) is 20.3 Å². The first-order chi connectivity index (χ1) is 8.67. The van der Waals surface area contributed by atoms with Crippen molar-refractivity contribution in [2.75, 3.05) is 0 Å². The molecule has 2 nitrogen and oxygen atoms in total. The molecule has 0 spiro atoms. The largest absolute Gasteiger partial charge is 0.326 e. The van der Waals surface area contributed by atoms with E-state index in [1.165, 1.54) is 41.3 Å². The first kappa shape index (κ1) is 12.6. The van der Waals surface area contributed by atoms with Gasteiger partial charge in [-0.05, 0) is 43.4 Å². The van der Waals surface area contributed by atoms with Gasteiger partial charge in [0.25, 0.3) is 0 Å². The highest BCUT2D eigenvalue weighted by atomic mass is 32.1. The van der Waals surface area contributed by atoms with Crippen LogP contribution in [0.2, 0.25) is 0 Å². The minimum atomic E-state index is 0.667. The van der Waals surface area contributed by atoms with Crippen molar-refractivity contribution >= 4 is 11.3 Å². The minimum Gasteiger partial charge on any atom is -0.326 e. The third-order valence-electron chi connectivity index (χ3n) is 4.64. The van der Waals surface area contributed by atoms with Crippen molar-refractivity contribution in [2.45, 2.75) is 58.4 Å². The van der Waals surface area contributed by atoms with Crippen LogP contribution in [0.3, 0.4) is 0 Å². The van der Waals surface area contributed by atoms with Gasteiger partial charge in [-0.15, -0.1) is 11.3 Å². The molecule has 0 amide bonds. The van der Waals surface area contributed by atoms with Crippen molar-refractivity contribution in [1.82, 2.24) is 4.98 Å². The van der Waals surface area contributed by atoms with Gasteiger partial charge in [-0.25, -0.2) is 4.98 Å². The van der Waals surface area contributed by atoms with Crippen LogP contribution in [0, 0.1) is 17.8 Å². The van der Waals surface area contributed by atoms with Gasteiger partial charge in [0, 0.05) is 17.3 Å². The second-order valence-electron chi connectivity index (χ2n) is 6.51. The first-order valence-electron chi connectivity index (χ1n) is 7.36. The van der Waals surface area contributed by atoms with Crippen molar-refractivity contribution in [3.8, 4) is 0 Å². The van der Waals surface area contributed by atoms with Crippen LogP contribution in [0.4, 0.5) is 0 Å². The Morgan fingerprint density at radius 2 is 2.17 bits per heavy atom. The molecule has 3 atom stereocenters. The lowest BCUT2D eigenvalue weighted by Gasteiger charge is -2.18. The Balaban J connectivity index is 1.82. The number of fused-ring (bicyclic) bond motifs is 2. The van der Waals surface area contributed by atoms with Crippen molar-refractivity contribution in [1.29, 1.82) is 0 Å². The van der Waals surface area contributed by atoms with Crippen LogP contribution < -0.4 is 5.73 Å². The molecule has 1 aromatic heterocycles. The first-order valence-corrected chi connectivity index (χ1v) is 8.17. The van der Waals surface area contributed by atoms with E-state index in [0.717, 1.165) is 24.2 Å². The van der Waals surface area contributed by atoms with Crippen LogP contribution in [0.25, 0.3) is 0 Å². The average molecular weight is 264 g/mol. The Kier molecular flexibility index (Phi) is 3.46. The molecular weight excluding hydrogens is 240 g/mol. The molecule has 0 radical (unpaired) electrons. The summed E-state index contributed by atoms with van der Waals surface area (Å²) in [7, 11) is 0. The van der Waals surface area contributed by atoms with E-state index in [4.69, 9.17) is 10.7 Å². The number of rotatable bonds is 4. The summed E-state index contributed by atoms with van der Waals surface area (Å²) >= 11 is 1.90. The number of hydrogen-bond acceptors (Lipinski definition) is 3. The van der Waals surface area contributed by atoms with Gasteiger partial charge >= 0.3 is 0 Å². The maximum atomic E-state index is 5.88. The van der Waals surface area contributed by atoms with Gasteiger partial charge in [0.15, 0.2) is 0 Å². The number of nitrogens with two attached hydrogens (primary N) is 1. The smallest absolute Gasteiger partial charge is 0.0965 e. The molecule has 2 bridgehead atoms. The molecule has 3 rings (SSSR count). The topological polar surface area (TPSA) is 38.9 Å². The van der Waals surface area contributed by atoms with Crippen LogP contribution in [0.5, 0.6) is 0 Å². The number of nitrogens with zero attached hydrogens (tertiary/aromatic N) is 1. The highest BCUT2D eigenvalue weighted by Gasteiger charge is 2.41. The monoisotopic (exact) mass is 264 g/mol. The second kappa shape index (κ2) is 4.93. The maximum absolute atomic E-state index is 5.88. The van der Waals surface area contributed by atoms with Crippen molar-refractivity contribution in [3.63, 3.8) is 0 Å². The molecule has 100 valence electrons. The fourth-order valence-electron chi connectivity index (χ4n) is 3.81. The third kappa shape index (κ3) is 2.23. The maximum Gasteiger partial charge on any atom is 0.0965 e. The Labute approximate surface area is 114 Å². The van der Waals surface area contributed by atoms with Crippen LogP contribution in [0.15, 0.2) is 0 Å². The van der Waals surface area contributed by atoms with Crippen molar-refractivity contribution in [3.05, 3.63) is 15.6 Å². The van der Waals surface area contributed by atoms with E-state index in [0.29, 0.717) is 12.5 Å². The van der Waals surface area contributed by atoms with E-state index in [2.05, 4.69) is 13.8 Å². The molecule has 2 saturated carbocycles. The van der Waals surface area contributed by atoms with Gasteiger partial charge in [0.2, 0.25) is 0 Å². The average Bonchev–Trinajstić information content (AvgIpc) is 3.00. The van der Waals surface area contributed by atoms with E-state index < -0.39 is 0 Å². The van der Waals surface area contributed by atoms with E-state index in [9.17, 15) is 0 Å². The zero-order valence-electron chi connectivity index (χ0n) is 11.5. The van der Waals surface area contributed by atoms with Gasteiger partial charge < -0.3 is 5.73 Å². The summed E-state index contributed by atoms with van der Waals surface area (Å²) in [4.78, 5) is 6.30. The lowest BCUT2D eigenvalue weighted by molar-refractivity contribution is 0.418. The zero-order chi connectivity index (χ0) is 12.7. The minimum absolute atomic E-state index is 0.667. The fraction of sp³-hybridized carbons (Fsp3) is 0.800. The summed E-state index contributed by atoms with van der Waals surface area (Å²) in [6.07, 6.45) is 6.84. The molecule has 2 fully saturated rings. The van der Waals surface area contributed by atoms with Crippen molar-refractivity contribution < 1.29 is 0 Å². The van der Waals surface area contributed by atoms with Gasteiger partial charge in [0.05, 0.1) is 10.7 Å². The summed E-state index contributed by atoms with van der Waals surface area (Å²) in [5, 5.41) is 1.40. The summed E-state index contributed by atoms with van der Waals surface area (Å²) in [6, 6.07) is 0. The normalized spacial score (nSPS) is 30.6. The molecule has 2 N–H and O–H groups in total. The Morgan fingerprint density at radius 3 is 2.72 bits per heavy atom. The number of thiazole rings is 1. The van der Waals surface area contributed by atoms with Crippen LogP contribution in [0.1, 0.15) is 61.0 Å². The molecule has 1 heterocycles. The standard InChI is InChI=1S/C15H24N2S/c1-9(2)5-13-14(8-16)18-15(17-13)12-7-10-3-4-11(12)6-10/h9-12H,3-8,16H2,1-2H3. The van der Waals surface area contributed by atoms with Crippen molar-refractivity contribution in [2.24, 2.45) is 23.5 Å². The molecular formula is C15H24N2S. The van der Waals surface area contributed by atoms with Crippen LogP contribution in [-0.4, -0.2) is 4.98 Å². The molecule has 2 aliphatic carbocycles. The summed E-state index contributed by atoms with van der Waals surface area (Å²) in [6.45, 7) is 5.19. The Hall–Kier alpha value is -0.410. The molecule has 0 aliphatic heterocycles. The van der Waals surface area contributed by atoms with Gasteiger partial charge in [-0.3, -0.25) is 0 Å². The molecule has 18 heavy (non-hydrogen) atoms. The van der Waals surface area contributed by atoms with E-state index in [1.54, 1.807) is 0 Å². The molecule has 0 aromatic carbocycles. The SMILES string of the molecule is CC(C)Cc1nc(C2CC3CCC2C3)sc1CN. The highest BCUT2D eigenvalue weighted by Crippen LogP contribution is 2.53. The van der Waals surface area contributed by atoms with Crippen LogP contribution >= 0.6 is 11.3 Å². The van der Waals surface area contributed by atoms with Gasteiger partial charge in [-0.2, -0.15) is 0 Å². The predicted molar refractivity (Wildman–Crippen MR) is 76.7 cm³/mol. The molecule has 3 heteroatoms. The molecule has 0 saturated heterocycles. The van der Waals surface area contributed by atoms with E-state index >= 15 is 0 Å². The third-order valence-corrected chi connectivity index (χ3v) is 5.89. The fourth-order valence-corrected chi connectivity index (χ4v) is 4.99. The summed E-state index contributed by atoms with van der Waals surface area (Å²) < 4.78 is 0. The summed E-state index contributed by atoms with van der Waals surface area (Å²) in [5.41, 5.74) is 7.17. The molecule has 2 aliphatic rings. The Morgan fingerprint density at radius 1 is 1.33 bits per heavy atom. The second-order valence-corrected chi connectivity index (χ2v) is 7.62. The van der Waals surface area contributed by atoms with Gasteiger partial charge in [0.1, 0.15) is 0 Å². The summed E-state index contributed by atoms with van der Waals surface area (Å²) in [5.74, 6) is 3.36. The zero-order valence-corrected chi connectivity index (χ0v) is 12.3. The van der Waals surface area contributed by atoms with E-state index in [1.807, 2.05) is 11.3 Å². The quantitative estimate of drug-likeness (QED) is 0.900. The predicted octanol–water partition coefficient (Wildman–Crippen LogP) is 3.70. The molecule has 1 aromatic rings.